The van der Waals surface area contributed by atoms with E-state index in [-0.39, 0.29) is 0 Å². The summed E-state index contributed by atoms with van der Waals surface area (Å²) in [5.41, 5.74) is 0. The number of hydrogen-bond acceptors (Lipinski definition) is 2. The molecular formula is C9H22N2. The van der Waals surface area contributed by atoms with E-state index in [4.69, 9.17) is 0 Å². The van der Waals surface area contributed by atoms with Gasteiger partial charge in [0.05, 0.1) is 0 Å². The van der Waals surface area contributed by atoms with Crippen LogP contribution in [0.4, 0.5) is 0 Å². The molecule has 0 aromatic rings. The third kappa shape index (κ3) is 7.82. The normalized spacial score (nSPS) is 13.9. The highest BCUT2D eigenvalue weighted by Gasteiger charge is 1.99. The van der Waals surface area contributed by atoms with Crippen LogP contribution in [0.1, 0.15) is 34.1 Å². The molecule has 0 aromatic heterocycles. The van der Waals surface area contributed by atoms with Crippen molar-refractivity contribution in [3.8, 4) is 0 Å². The summed E-state index contributed by atoms with van der Waals surface area (Å²) in [4.78, 5) is 0. The highest BCUT2D eigenvalue weighted by atomic mass is 15.0. The molecule has 2 nitrogen and oxygen atoms in total. The summed E-state index contributed by atoms with van der Waals surface area (Å²) in [6, 6.07) is 1.19. The van der Waals surface area contributed by atoms with Crippen molar-refractivity contribution in [2.75, 3.05) is 13.1 Å². The predicted octanol–water partition coefficient (Wildman–Crippen LogP) is 1.37. The van der Waals surface area contributed by atoms with E-state index in [9.17, 15) is 0 Å². The third-order valence-corrected chi connectivity index (χ3v) is 1.58. The van der Waals surface area contributed by atoms with Crippen LogP contribution in [0.5, 0.6) is 0 Å². The fourth-order valence-corrected chi connectivity index (χ4v) is 0.875. The van der Waals surface area contributed by atoms with E-state index in [2.05, 4.69) is 38.3 Å². The van der Waals surface area contributed by atoms with Gasteiger partial charge in [-0.15, -0.1) is 0 Å². The summed E-state index contributed by atoms with van der Waals surface area (Å²) in [6.45, 7) is 10.9. The minimum atomic E-state index is 0.595. The van der Waals surface area contributed by atoms with Crippen LogP contribution in [0, 0.1) is 0 Å². The quantitative estimate of drug-likeness (QED) is 0.610. The fraction of sp³-hybridized carbons (Fsp3) is 1.00. The maximum absolute atomic E-state index is 3.43. The SMILES string of the molecule is CCCNC(C)CNC(C)C. The molecule has 0 rings (SSSR count). The molecule has 1 atom stereocenters. The van der Waals surface area contributed by atoms with Gasteiger partial charge >= 0.3 is 0 Å². The largest absolute Gasteiger partial charge is 0.313 e. The van der Waals surface area contributed by atoms with Crippen molar-refractivity contribution in [3.63, 3.8) is 0 Å². The second-order valence-electron chi connectivity index (χ2n) is 3.42. The number of hydrogen-bond donors (Lipinski definition) is 2. The first kappa shape index (κ1) is 10.9. The zero-order chi connectivity index (χ0) is 8.69. The van der Waals surface area contributed by atoms with Crippen molar-refractivity contribution >= 4 is 0 Å². The molecule has 0 amide bonds. The van der Waals surface area contributed by atoms with Crippen LogP contribution in [-0.4, -0.2) is 25.2 Å². The summed E-state index contributed by atoms with van der Waals surface area (Å²) in [5, 5.41) is 6.82. The fourth-order valence-electron chi connectivity index (χ4n) is 0.875. The van der Waals surface area contributed by atoms with Gasteiger partial charge in [0.25, 0.3) is 0 Å². The zero-order valence-electron chi connectivity index (χ0n) is 8.28. The Kier molecular flexibility index (Phi) is 6.57. The van der Waals surface area contributed by atoms with Crippen molar-refractivity contribution in [2.24, 2.45) is 0 Å². The Morgan fingerprint density at radius 3 is 2.18 bits per heavy atom. The molecule has 68 valence electrons. The molecule has 0 aromatic carbocycles. The molecule has 0 aliphatic carbocycles. The summed E-state index contributed by atoms with van der Waals surface area (Å²) in [6.07, 6.45) is 1.21. The van der Waals surface area contributed by atoms with Crippen molar-refractivity contribution in [1.29, 1.82) is 0 Å². The molecule has 0 spiro atoms. The highest BCUT2D eigenvalue weighted by Crippen LogP contribution is 1.82. The van der Waals surface area contributed by atoms with Gasteiger partial charge in [-0.05, 0) is 19.9 Å². The molecule has 0 bridgehead atoms. The van der Waals surface area contributed by atoms with Gasteiger partial charge < -0.3 is 10.6 Å². The first-order valence-corrected chi connectivity index (χ1v) is 4.63. The van der Waals surface area contributed by atoms with Crippen molar-refractivity contribution < 1.29 is 0 Å². The summed E-state index contributed by atoms with van der Waals surface area (Å²) in [5.74, 6) is 0. The molecule has 1 unspecified atom stereocenters. The van der Waals surface area contributed by atoms with Gasteiger partial charge in [0.15, 0.2) is 0 Å². The van der Waals surface area contributed by atoms with Gasteiger partial charge in [0.1, 0.15) is 0 Å². The van der Waals surface area contributed by atoms with Gasteiger partial charge in [-0.25, -0.2) is 0 Å². The lowest BCUT2D eigenvalue weighted by molar-refractivity contribution is 0.474. The van der Waals surface area contributed by atoms with Crippen LogP contribution in [0.3, 0.4) is 0 Å². The average molecular weight is 158 g/mol. The van der Waals surface area contributed by atoms with E-state index < -0.39 is 0 Å². The molecule has 0 heterocycles. The van der Waals surface area contributed by atoms with E-state index in [0.717, 1.165) is 13.1 Å². The second-order valence-corrected chi connectivity index (χ2v) is 3.42. The van der Waals surface area contributed by atoms with E-state index in [1.54, 1.807) is 0 Å². The van der Waals surface area contributed by atoms with Crippen LogP contribution in [0.2, 0.25) is 0 Å². The molecule has 2 heteroatoms. The Morgan fingerprint density at radius 1 is 1.09 bits per heavy atom. The van der Waals surface area contributed by atoms with Crippen molar-refractivity contribution in [3.05, 3.63) is 0 Å². The Labute approximate surface area is 70.8 Å². The molecule has 0 saturated carbocycles. The molecule has 11 heavy (non-hydrogen) atoms. The summed E-state index contributed by atoms with van der Waals surface area (Å²) >= 11 is 0. The molecule has 0 saturated heterocycles. The van der Waals surface area contributed by atoms with Crippen LogP contribution < -0.4 is 10.6 Å². The van der Waals surface area contributed by atoms with Gasteiger partial charge in [0.2, 0.25) is 0 Å². The van der Waals surface area contributed by atoms with Crippen molar-refractivity contribution in [2.45, 2.75) is 46.2 Å². The maximum Gasteiger partial charge on any atom is 0.0164 e. The van der Waals surface area contributed by atoms with Gasteiger partial charge in [0, 0.05) is 18.6 Å². The first-order chi connectivity index (χ1) is 5.16. The van der Waals surface area contributed by atoms with Gasteiger partial charge in [-0.1, -0.05) is 20.8 Å². The minimum Gasteiger partial charge on any atom is -0.313 e. The monoisotopic (exact) mass is 158 g/mol. The summed E-state index contributed by atoms with van der Waals surface area (Å²) in [7, 11) is 0. The second kappa shape index (κ2) is 6.62. The standard InChI is InChI=1S/C9H22N2/c1-5-6-10-9(4)7-11-8(2)3/h8-11H,5-7H2,1-4H3. The Morgan fingerprint density at radius 2 is 1.73 bits per heavy atom. The van der Waals surface area contributed by atoms with Crippen LogP contribution in [0.25, 0.3) is 0 Å². The molecular weight excluding hydrogens is 136 g/mol. The number of nitrogens with one attached hydrogen (secondary N) is 2. The summed E-state index contributed by atoms with van der Waals surface area (Å²) < 4.78 is 0. The zero-order valence-corrected chi connectivity index (χ0v) is 8.28. The maximum atomic E-state index is 3.43. The Bertz CT molecular complexity index is 81.6. The van der Waals surface area contributed by atoms with E-state index >= 15 is 0 Å². The topological polar surface area (TPSA) is 24.1 Å². The van der Waals surface area contributed by atoms with Crippen molar-refractivity contribution in [1.82, 2.24) is 10.6 Å². The highest BCUT2D eigenvalue weighted by molar-refractivity contribution is 4.64. The number of rotatable bonds is 6. The smallest absolute Gasteiger partial charge is 0.0164 e. The third-order valence-electron chi connectivity index (χ3n) is 1.58. The molecule has 0 fully saturated rings. The van der Waals surface area contributed by atoms with Crippen LogP contribution in [-0.2, 0) is 0 Å². The molecule has 2 N–H and O–H groups in total. The lowest BCUT2D eigenvalue weighted by atomic mass is 10.3. The van der Waals surface area contributed by atoms with E-state index in [0.29, 0.717) is 12.1 Å². The Hall–Kier alpha value is -0.0800. The van der Waals surface area contributed by atoms with Crippen LogP contribution >= 0.6 is 0 Å². The minimum absolute atomic E-state index is 0.595. The lowest BCUT2D eigenvalue weighted by Gasteiger charge is -2.15. The van der Waals surface area contributed by atoms with Crippen LogP contribution in [0.15, 0.2) is 0 Å². The van der Waals surface area contributed by atoms with Gasteiger partial charge in [-0.2, -0.15) is 0 Å². The Balaban J connectivity index is 3.15. The molecule has 0 aliphatic heterocycles. The van der Waals surface area contributed by atoms with E-state index in [1.807, 2.05) is 0 Å². The van der Waals surface area contributed by atoms with E-state index in [1.165, 1.54) is 6.42 Å². The van der Waals surface area contributed by atoms with Gasteiger partial charge in [-0.3, -0.25) is 0 Å². The average Bonchev–Trinajstić information content (AvgIpc) is 1.97. The first-order valence-electron chi connectivity index (χ1n) is 4.63. The molecule has 0 radical (unpaired) electrons. The molecule has 0 aliphatic rings. The lowest BCUT2D eigenvalue weighted by Crippen LogP contribution is -2.39. The predicted molar refractivity (Wildman–Crippen MR) is 50.9 cm³/mol.